The minimum Gasteiger partial charge on any atom is -0.398 e. The van der Waals surface area contributed by atoms with Crippen molar-refractivity contribution in [3.05, 3.63) is 42.6 Å². The van der Waals surface area contributed by atoms with Crippen LogP contribution in [0.3, 0.4) is 0 Å². The fourth-order valence-corrected chi connectivity index (χ4v) is 3.84. The van der Waals surface area contributed by atoms with Crippen LogP contribution in [0, 0.1) is 0 Å². The van der Waals surface area contributed by atoms with Crippen molar-refractivity contribution in [2.24, 2.45) is 0 Å². The Bertz CT molecular complexity index is 785. The Kier molecular flexibility index (Phi) is 4.29. The number of hydrogen-bond donors (Lipinski definition) is 1. The second kappa shape index (κ2) is 5.83. The van der Waals surface area contributed by atoms with E-state index in [0.29, 0.717) is 23.1 Å². The van der Waals surface area contributed by atoms with E-state index >= 15 is 0 Å². The Morgan fingerprint density at radius 1 is 1.38 bits per heavy atom. The molecular formula is C15H19N3O2S. The standard InChI is InChI=1S/C15H19N3O2S/c1-4-18(10-11(2)3)21(19,20)14-8-7-13(16)12-6-5-9-17-15(12)14/h5-9H,2,4,10,16H2,1,3H3. The Morgan fingerprint density at radius 3 is 2.71 bits per heavy atom. The molecule has 21 heavy (non-hydrogen) atoms. The van der Waals surface area contributed by atoms with Gasteiger partial charge in [0.05, 0.1) is 5.52 Å². The molecule has 0 unspecified atom stereocenters. The first-order valence-electron chi connectivity index (χ1n) is 6.65. The van der Waals surface area contributed by atoms with Crippen LogP contribution in [0.1, 0.15) is 13.8 Å². The van der Waals surface area contributed by atoms with Crippen LogP contribution in [-0.4, -0.2) is 30.8 Å². The zero-order valence-corrected chi connectivity index (χ0v) is 13.0. The minimum atomic E-state index is -3.64. The predicted octanol–water partition coefficient (Wildman–Crippen LogP) is 2.40. The highest BCUT2D eigenvalue weighted by atomic mass is 32.2. The van der Waals surface area contributed by atoms with Crippen molar-refractivity contribution in [1.82, 2.24) is 9.29 Å². The van der Waals surface area contributed by atoms with Gasteiger partial charge in [-0.25, -0.2) is 8.42 Å². The largest absolute Gasteiger partial charge is 0.398 e. The number of pyridine rings is 1. The molecule has 0 atom stereocenters. The van der Waals surface area contributed by atoms with Gasteiger partial charge in [0.2, 0.25) is 10.0 Å². The first-order valence-corrected chi connectivity index (χ1v) is 8.09. The van der Waals surface area contributed by atoms with Gasteiger partial charge in [-0.1, -0.05) is 19.1 Å². The molecular weight excluding hydrogens is 286 g/mol. The van der Waals surface area contributed by atoms with Crippen LogP contribution in [0.25, 0.3) is 10.9 Å². The summed E-state index contributed by atoms with van der Waals surface area (Å²) in [5, 5.41) is 0.643. The van der Waals surface area contributed by atoms with E-state index in [1.165, 1.54) is 10.4 Å². The molecule has 1 aromatic carbocycles. The molecule has 0 aliphatic rings. The molecule has 2 rings (SSSR count). The van der Waals surface area contributed by atoms with Crippen LogP contribution in [0.5, 0.6) is 0 Å². The number of nitrogens with zero attached hydrogens (tertiary/aromatic N) is 2. The van der Waals surface area contributed by atoms with Crippen molar-refractivity contribution in [2.45, 2.75) is 18.7 Å². The summed E-state index contributed by atoms with van der Waals surface area (Å²) in [6, 6.07) is 6.62. The van der Waals surface area contributed by atoms with Gasteiger partial charge in [0.15, 0.2) is 0 Å². The van der Waals surface area contributed by atoms with Gasteiger partial charge in [-0.3, -0.25) is 4.98 Å². The van der Waals surface area contributed by atoms with Crippen molar-refractivity contribution in [3.63, 3.8) is 0 Å². The molecule has 0 saturated carbocycles. The van der Waals surface area contributed by atoms with E-state index in [1.807, 2.05) is 0 Å². The molecule has 1 aromatic heterocycles. The molecule has 0 fully saturated rings. The average molecular weight is 305 g/mol. The summed E-state index contributed by atoms with van der Waals surface area (Å²) < 4.78 is 27.0. The third kappa shape index (κ3) is 2.91. The Labute approximate surface area is 125 Å². The number of anilines is 1. The Balaban J connectivity index is 2.65. The van der Waals surface area contributed by atoms with Gasteiger partial charge in [-0.05, 0) is 31.2 Å². The van der Waals surface area contributed by atoms with Crippen LogP contribution >= 0.6 is 0 Å². The molecule has 0 amide bonds. The summed E-state index contributed by atoms with van der Waals surface area (Å²) in [6.45, 7) is 8.05. The lowest BCUT2D eigenvalue weighted by molar-refractivity contribution is 0.453. The van der Waals surface area contributed by atoms with Crippen LogP contribution in [-0.2, 0) is 10.0 Å². The average Bonchev–Trinajstić information content (AvgIpc) is 2.44. The number of rotatable bonds is 5. The number of nitrogen functional groups attached to an aromatic ring is 1. The predicted molar refractivity (Wildman–Crippen MR) is 85.4 cm³/mol. The van der Waals surface area contributed by atoms with E-state index < -0.39 is 10.0 Å². The molecule has 0 aliphatic carbocycles. The molecule has 2 N–H and O–H groups in total. The third-order valence-corrected chi connectivity index (χ3v) is 5.14. The quantitative estimate of drug-likeness (QED) is 0.680. The summed E-state index contributed by atoms with van der Waals surface area (Å²) in [6.07, 6.45) is 1.57. The first kappa shape index (κ1) is 15.5. The van der Waals surface area contributed by atoms with Gasteiger partial charge in [0.1, 0.15) is 4.90 Å². The molecule has 5 nitrogen and oxygen atoms in total. The molecule has 1 heterocycles. The van der Waals surface area contributed by atoms with Crippen LogP contribution in [0.4, 0.5) is 5.69 Å². The van der Waals surface area contributed by atoms with Gasteiger partial charge in [0.25, 0.3) is 0 Å². The van der Waals surface area contributed by atoms with Gasteiger partial charge in [-0.2, -0.15) is 4.31 Å². The molecule has 2 aromatic rings. The van der Waals surface area contributed by atoms with Crippen molar-refractivity contribution in [1.29, 1.82) is 0 Å². The number of fused-ring (bicyclic) bond motifs is 1. The SMILES string of the molecule is C=C(C)CN(CC)S(=O)(=O)c1ccc(N)c2cccnc12. The molecule has 6 heteroatoms. The van der Waals surface area contributed by atoms with E-state index in [0.717, 1.165) is 5.57 Å². The maximum Gasteiger partial charge on any atom is 0.245 e. The highest BCUT2D eigenvalue weighted by Crippen LogP contribution is 2.28. The number of sulfonamides is 1. The van der Waals surface area contributed by atoms with Crippen molar-refractivity contribution in [2.75, 3.05) is 18.8 Å². The summed E-state index contributed by atoms with van der Waals surface area (Å²) in [5.74, 6) is 0. The maximum atomic E-state index is 12.8. The van der Waals surface area contributed by atoms with E-state index in [4.69, 9.17) is 5.73 Å². The summed E-state index contributed by atoms with van der Waals surface area (Å²) in [5.41, 5.74) is 7.59. The van der Waals surface area contributed by atoms with Gasteiger partial charge < -0.3 is 5.73 Å². The molecule has 0 bridgehead atoms. The van der Waals surface area contributed by atoms with Crippen molar-refractivity contribution in [3.8, 4) is 0 Å². The molecule has 0 saturated heterocycles. The van der Waals surface area contributed by atoms with Gasteiger partial charge in [-0.15, -0.1) is 0 Å². The monoisotopic (exact) mass is 305 g/mol. The lowest BCUT2D eigenvalue weighted by Gasteiger charge is -2.21. The second-order valence-electron chi connectivity index (χ2n) is 4.94. The number of likely N-dealkylation sites (N-methyl/N-ethyl adjacent to an activating group) is 1. The van der Waals surface area contributed by atoms with Crippen LogP contribution < -0.4 is 5.73 Å². The van der Waals surface area contributed by atoms with Crippen LogP contribution in [0.15, 0.2) is 47.5 Å². The number of aromatic nitrogens is 1. The molecule has 0 radical (unpaired) electrons. The zero-order chi connectivity index (χ0) is 15.6. The number of hydrogen-bond acceptors (Lipinski definition) is 4. The topological polar surface area (TPSA) is 76.3 Å². The van der Waals surface area contributed by atoms with E-state index in [9.17, 15) is 8.42 Å². The van der Waals surface area contributed by atoms with Crippen LogP contribution in [0.2, 0.25) is 0 Å². The minimum absolute atomic E-state index is 0.176. The summed E-state index contributed by atoms with van der Waals surface area (Å²) in [7, 11) is -3.64. The number of nitrogens with two attached hydrogens (primary N) is 1. The highest BCUT2D eigenvalue weighted by Gasteiger charge is 2.26. The third-order valence-electron chi connectivity index (χ3n) is 3.18. The molecule has 0 spiro atoms. The fraction of sp³-hybridized carbons (Fsp3) is 0.267. The normalized spacial score (nSPS) is 12.0. The van der Waals surface area contributed by atoms with E-state index in [1.54, 1.807) is 38.2 Å². The summed E-state index contributed by atoms with van der Waals surface area (Å²) in [4.78, 5) is 4.37. The lowest BCUT2D eigenvalue weighted by Crippen LogP contribution is -2.32. The first-order chi connectivity index (χ1) is 9.87. The van der Waals surface area contributed by atoms with Crippen molar-refractivity contribution >= 4 is 26.6 Å². The smallest absolute Gasteiger partial charge is 0.245 e. The second-order valence-corrected chi connectivity index (χ2v) is 6.85. The van der Waals surface area contributed by atoms with Gasteiger partial charge in [0, 0.05) is 30.4 Å². The number of benzene rings is 1. The highest BCUT2D eigenvalue weighted by molar-refractivity contribution is 7.89. The van der Waals surface area contributed by atoms with E-state index in [2.05, 4.69) is 11.6 Å². The fourth-order valence-electron chi connectivity index (χ4n) is 2.18. The molecule has 112 valence electrons. The Morgan fingerprint density at radius 2 is 2.10 bits per heavy atom. The Hall–Kier alpha value is -1.92. The lowest BCUT2D eigenvalue weighted by atomic mass is 10.2. The maximum absolute atomic E-state index is 12.8. The molecule has 0 aliphatic heterocycles. The van der Waals surface area contributed by atoms with Crippen molar-refractivity contribution < 1.29 is 8.42 Å². The van der Waals surface area contributed by atoms with E-state index in [-0.39, 0.29) is 11.4 Å². The summed E-state index contributed by atoms with van der Waals surface area (Å²) >= 11 is 0. The zero-order valence-electron chi connectivity index (χ0n) is 12.2. The van der Waals surface area contributed by atoms with Gasteiger partial charge >= 0.3 is 0 Å².